The highest BCUT2D eigenvalue weighted by Crippen LogP contribution is 2.26. The van der Waals surface area contributed by atoms with E-state index in [2.05, 4.69) is 5.32 Å². The van der Waals surface area contributed by atoms with Crippen LogP contribution in [-0.4, -0.2) is 24.4 Å². The van der Waals surface area contributed by atoms with Crippen LogP contribution in [0.25, 0.3) is 0 Å². The van der Waals surface area contributed by atoms with Crippen LogP contribution in [0.2, 0.25) is 5.02 Å². The van der Waals surface area contributed by atoms with E-state index in [9.17, 15) is 14.9 Å². The van der Waals surface area contributed by atoms with Gasteiger partial charge in [0.25, 0.3) is 11.6 Å². The van der Waals surface area contributed by atoms with Crippen molar-refractivity contribution in [3.63, 3.8) is 0 Å². The van der Waals surface area contributed by atoms with Gasteiger partial charge < -0.3 is 14.6 Å². The summed E-state index contributed by atoms with van der Waals surface area (Å²) < 4.78 is 5.47. The number of carbonyl (C=O) groups excluding carboxylic acids is 1. The van der Waals surface area contributed by atoms with Crippen molar-refractivity contribution >= 4 is 28.9 Å². The molecule has 1 atom stereocenters. The van der Waals surface area contributed by atoms with E-state index < -0.39 is 4.92 Å². The molecule has 1 unspecified atom stereocenters. The summed E-state index contributed by atoms with van der Waals surface area (Å²) in [6.45, 7) is 2.66. The number of nitro benzene ring substituents is 1. The van der Waals surface area contributed by atoms with E-state index in [1.165, 1.54) is 18.2 Å². The lowest BCUT2D eigenvalue weighted by Gasteiger charge is -2.13. The molecule has 0 saturated heterocycles. The number of nitro groups is 1. The number of nitrogens with one attached hydrogen (secondary N) is 2. The average molecular weight is 339 g/mol. The van der Waals surface area contributed by atoms with Gasteiger partial charge in [-0.25, -0.2) is 0 Å². The summed E-state index contributed by atoms with van der Waals surface area (Å²) in [5.41, 5.74) is 0.229. The predicted molar refractivity (Wildman–Crippen MR) is 85.6 cm³/mol. The van der Waals surface area contributed by atoms with Crippen LogP contribution in [0.4, 0.5) is 11.4 Å². The first-order valence-corrected chi connectivity index (χ1v) is 7.33. The highest BCUT2D eigenvalue weighted by molar-refractivity contribution is 6.33. The fraction of sp³-hybridized carbons (Fsp3) is 0.267. The Hall–Kier alpha value is -2.38. The molecule has 1 heterocycles. The van der Waals surface area contributed by atoms with E-state index in [1.807, 2.05) is 26.1 Å². The van der Waals surface area contributed by atoms with Gasteiger partial charge in [0.05, 0.1) is 22.7 Å². The lowest BCUT2D eigenvalue weighted by Crippen LogP contribution is -3.08. The van der Waals surface area contributed by atoms with Gasteiger partial charge in [-0.2, -0.15) is 0 Å². The molecule has 122 valence electrons. The molecule has 0 aliphatic rings. The van der Waals surface area contributed by atoms with Gasteiger partial charge in [0.2, 0.25) is 0 Å². The number of hydrogen-bond acceptors (Lipinski definition) is 4. The Morgan fingerprint density at radius 1 is 1.39 bits per heavy atom. The zero-order chi connectivity index (χ0) is 17.0. The Bertz CT molecular complexity index is 729. The van der Waals surface area contributed by atoms with Gasteiger partial charge in [0, 0.05) is 12.1 Å². The first-order chi connectivity index (χ1) is 10.8. The lowest BCUT2D eigenvalue weighted by atomic mass is 10.3. The molecule has 0 saturated carbocycles. The Kier molecular flexibility index (Phi) is 5.36. The number of quaternary nitrogens is 1. The zero-order valence-corrected chi connectivity index (χ0v) is 13.5. The third-order valence-electron chi connectivity index (χ3n) is 3.17. The minimum absolute atomic E-state index is 0.121. The SMILES string of the molecule is Cc1ccc(C[NH+](C)CC(=O)Nc2ccc([N+](=O)[O-])cc2Cl)o1. The maximum absolute atomic E-state index is 12.0. The quantitative estimate of drug-likeness (QED) is 0.621. The summed E-state index contributed by atoms with van der Waals surface area (Å²) >= 11 is 5.95. The largest absolute Gasteiger partial charge is 0.460 e. The van der Waals surface area contributed by atoms with Crippen LogP contribution in [0.5, 0.6) is 0 Å². The number of anilines is 1. The van der Waals surface area contributed by atoms with Crippen LogP contribution in [0.15, 0.2) is 34.7 Å². The molecule has 2 aromatic rings. The molecule has 0 bridgehead atoms. The van der Waals surface area contributed by atoms with Crippen LogP contribution in [-0.2, 0) is 11.3 Å². The summed E-state index contributed by atoms with van der Waals surface area (Å²) in [5, 5.41) is 13.4. The molecule has 2 N–H and O–H groups in total. The van der Waals surface area contributed by atoms with E-state index >= 15 is 0 Å². The average Bonchev–Trinajstić information content (AvgIpc) is 2.85. The molecule has 0 fully saturated rings. The number of halogens is 1. The molecule has 1 aromatic heterocycles. The second kappa shape index (κ2) is 7.26. The van der Waals surface area contributed by atoms with Crippen molar-refractivity contribution in [2.75, 3.05) is 18.9 Å². The number of benzene rings is 1. The molecule has 1 amide bonds. The lowest BCUT2D eigenvalue weighted by molar-refractivity contribution is -0.886. The first kappa shape index (κ1) is 17.0. The van der Waals surface area contributed by atoms with Crippen molar-refractivity contribution in [1.82, 2.24) is 0 Å². The maximum atomic E-state index is 12.0. The highest BCUT2D eigenvalue weighted by atomic mass is 35.5. The van der Waals surface area contributed by atoms with E-state index in [1.54, 1.807) is 0 Å². The van der Waals surface area contributed by atoms with Crippen LogP contribution in [0.3, 0.4) is 0 Å². The van der Waals surface area contributed by atoms with Gasteiger partial charge in [-0.1, -0.05) is 11.6 Å². The summed E-state index contributed by atoms with van der Waals surface area (Å²) in [4.78, 5) is 23.1. The number of nitrogens with zero attached hydrogens (tertiary/aromatic N) is 1. The number of hydrogen-bond donors (Lipinski definition) is 2. The van der Waals surface area contributed by atoms with Crippen LogP contribution >= 0.6 is 11.6 Å². The van der Waals surface area contributed by atoms with Crippen molar-refractivity contribution < 1.29 is 19.0 Å². The minimum atomic E-state index is -0.541. The van der Waals surface area contributed by atoms with Gasteiger partial charge in [0.1, 0.15) is 12.3 Å². The standard InChI is InChI=1S/C15H16ClN3O4/c1-10-3-5-12(23-10)8-18(2)9-15(20)17-14-6-4-11(19(21)22)7-13(14)16/h3-7H,8-9H2,1-2H3,(H,17,20)/p+1. The van der Waals surface area contributed by atoms with Gasteiger partial charge in [-0.15, -0.1) is 0 Å². The Morgan fingerprint density at radius 3 is 2.70 bits per heavy atom. The van der Waals surface area contributed by atoms with Gasteiger partial charge in [-0.05, 0) is 25.1 Å². The number of non-ortho nitro benzene ring substituents is 1. The summed E-state index contributed by atoms with van der Waals surface area (Å²) in [5.74, 6) is 1.40. The van der Waals surface area contributed by atoms with Crippen molar-refractivity contribution in [3.8, 4) is 0 Å². The second-order valence-corrected chi connectivity index (χ2v) is 5.70. The molecule has 1 aromatic carbocycles. The van der Waals surface area contributed by atoms with Crippen molar-refractivity contribution in [2.24, 2.45) is 0 Å². The summed E-state index contributed by atoms with van der Waals surface area (Å²) in [6, 6.07) is 7.68. The van der Waals surface area contributed by atoms with Crippen LogP contribution in [0.1, 0.15) is 11.5 Å². The molecule has 2 rings (SSSR count). The van der Waals surface area contributed by atoms with E-state index in [-0.39, 0.29) is 23.2 Å². The number of amides is 1. The summed E-state index contributed by atoms with van der Waals surface area (Å²) in [7, 11) is 1.87. The molecule has 0 aliphatic carbocycles. The Morgan fingerprint density at radius 2 is 2.13 bits per heavy atom. The van der Waals surface area contributed by atoms with Crippen LogP contribution in [0, 0.1) is 17.0 Å². The molecular weight excluding hydrogens is 322 g/mol. The molecule has 0 spiro atoms. The Labute approximate surface area is 138 Å². The van der Waals surface area contributed by atoms with Gasteiger partial charge >= 0.3 is 0 Å². The molecule has 23 heavy (non-hydrogen) atoms. The zero-order valence-electron chi connectivity index (χ0n) is 12.8. The fourth-order valence-corrected chi connectivity index (χ4v) is 2.35. The molecule has 8 heteroatoms. The number of aryl methyl sites for hydroxylation is 1. The predicted octanol–water partition coefficient (Wildman–Crippen LogP) is 1.80. The molecular formula is C15H17ClN3O4+. The fourth-order valence-electron chi connectivity index (χ4n) is 2.13. The number of carbonyl (C=O) groups is 1. The van der Waals surface area contributed by atoms with Crippen molar-refractivity contribution in [1.29, 1.82) is 0 Å². The maximum Gasteiger partial charge on any atom is 0.279 e. The highest BCUT2D eigenvalue weighted by Gasteiger charge is 2.15. The minimum Gasteiger partial charge on any atom is -0.460 e. The van der Waals surface area contributed by atoms with E-state index in [4.69, 9.17) is 16.0 Å². The second-order valence-electron chi connectivity index (χ2n) is 5.29. The number of likely N-dealkylation sites (N-methyl/N-ethyl adjacent to an activating group) is 1. The van der Waals surface area contributed by atoms with E-state index in [0.29, 0.717) is 12.2 Å². The smallest absolute Gasteiger partial charge is 0.279 e. The monoisotopic (exact) mass is 338 g/mol. The molecule has 0 radical (unpaired) electrons. The van der Waals surface area contributed by atoms with E-state index in [0.717, 1.165) is 16.4 Å². The van der Waals surface area contributed by atoms with Crippen LogP contribution < -0.4 is 10.2 Å². The van der Waals surface area contributed by atoms with Crippen molar-refractivity contribution in [3.05, 3.63) is 57.0 Å². The third-order valence-corrected chi connectivity index (χ3v) is 3.48. The van der Waals surface area contributed by atoms with Crippen molar-refractivity contribution in [2.45, 2.75) is 13.5 Å². The molecule has 0 aliphatic heterocycles. The topological polar surface area (TPSA) is 89.8 Å². The van der Waals surface area contributed by atoms with Gasteiger partial charge in [-0.3, -0.25) is 14.9 Å². The van der Waals surface area contributed by atoms with Gasteiger partial charge in [0.15, 0.2) is 12.3 Å². The molecule has 7 nitrogen and oxygen atoms in total. The number of furan rings is 1. The third kappa shape index (κ3) is 4.80. The number of rotatable bonds is 6. The normalized spacial score (nSPS) is 12.0. The summed E-state index contributed by atoms with van der Waals surface area (Å²) in [6.07, 6.45) is 0. The Balaban J connectivity index is 1.92. The first-order valence-electron chi connectivity index (χ1n) is 6.95.